The molecule has 1 aliphatic carbocycles. The number of alkyl halides is 3. The maximum absolute atomic E-state index is 12.7. The second kappa shape index (κ2) is 12.7. The molecule has 8 heteroatoms. The molecule has 0 saturated carbocycles. The minimum Gasteiger partial charge on any atom is -0.458 e. The minimum atomic E-state index is -4.36. The fourth-order valence-electron chi connectivity index (χ4n) is 3.81. The van der Waals surface area contributed by atoms with Crippen molar-refractivity contribution in [3.8, 4) is 17.0 Å². The number of nitrogens with one attached hydrogen (secondary N) is 2. The Morgan fingerprint density at radius 2 is 1.97 bits per heavy atom. The van der Waals surface area contributed by atoms with Crippen LogP contribution in [0.15, 0.2) is 96.9 Å². The average Bonchev–Trinajstić information content (AvgIpc) is 3.41. The van der Waals surface area contributed by atoms with Gasteiger partial charge in [0, 0.05) is 22.1 Å². The highest BCUT2D eigenvalue weighted by Gasteiger charge is 2.30. The lowest BCUT2D eigenvalue weighted by Crippen LogP contribution is -2.07. The molecule has 1 unspecified atom stereocenters. The van der Waals surface area contributed by atoms with E-state index < -0.39 is 11.7 Å². The lowest BCUT2D eigenvalue weighted by molar-refractivity contribution is -0.137. The highest BCUT2D eigenvalue weighted by atomic mass is 32.2. The first-order valence-electron chi connectivity index (χ1n) is 12.5. The topological polar surface area (TPSA) is 49.9 Å². The van der Waals surface area contributed by atoms with Crippen molar-refractivity contribution in [3.63, 3.8) is 0 Å². The van der Waals surface area contributed by atoms with Crippen LogP contribution in [0.1, 0.15) is 44.5 Å². The molecule has 0 aliphatic heterocycles. The van der Waals surface area contributed by atoms with Crippen molar-refractivity contribution in [1.29, 1.82) is 0 Å². The van der Waals surface area contributed by atoms with E-state index in [1.54, 1.807) is 11.9 Å². The molecule has 0 radical (unpaired) electrons. The Bertz CT molecular complexity index is 1340. The first kappa shape index (κ1) is 27.4. The van der Waals surface area contributed by atoms with Gasteiger partial charge in [-0.05, 0) is 79.8 Å². The van der Waals surface area contributed by atoms with Gasteiger partial charge in [0.15, 0.2) is 0 Å². The third-order valence-electron chi connectivity index (χ3n) is 5.75. The Morgan fingerprint density at radius 3 is 2.66 bits per heavy atom. The van der Waals surface area contributed by atoms with Crippen LogP contribution >= 0.6 is 11.9 Å². The number of rotatable bonds is 10. The molecule has 0 amide bonds. The molecule has 4 nitrogen and oxygen atoms in total. The van der Waals surface area contributed by atoms with Crippen molar-refractivity contribution in [2.24, 2.45) is 0 Å². The van der Waals surface area contributed by atoms with Crippen LogP contribution in [0.25, 0.3) is 16.8 Å². The van der Waals surface area contributed by atoms with Gasteiger partial charge in [0.05, 0.1) is 17.5 Å². The van der Waals surface area contributed by atoms with Crippen LogP contribution in [-0.2, 0) is 6.18 Å². The zero-order chi connectivity index (χ0) is 27.0. The number of ether oxygens (including phenoxy) is 1. The second-order valence-electron chi connectivity index (χ2n) is 8.69. The fourth-order valence-corrected chi connectivity index (χ4v) is 4.57. The van der Waals surface area contributed by atoms with Crippen molar-refractivity contribution in [1.82, 2.24) is 9.97 Å². The van der Waals surface area contributed by atoms with Crippen molar-refractivity contribution in [2.75, 3.05) is 4.72 Å². The number of hydrogen-bond acceptors (Lipinski definition) is 4. The summed E-state index contributed by atoms with van der Waals surface area (Å²) in [4.78, 5) is 8.02. The van der Waals surface area contributed by atoms with Crippen LogP contribution in [0.2, 0.25) is 0 Å². The van der Waals surface area contributed by atoms with Gasteiger partial charge in [-0.1, -0.05) is 50.3 Å². The molecule has 38 heavy (non-hydrogen) atoms. The number of anilines is 1. The van der Waals surface area contributed by atoms with Crippen LogP contribution < -0.4 is 9.46 Å². The number of hydrogen-bond donors (Lipinski definition) is 2. The zero-order valence-corrected chi connectivity index (χ0v) is 22.1. The largest absolute Gasteiger partial charge is 0.458 e. The molecular weight excluding hydrogens is 507 g/mol. The van der Waals surface area contributed by atoms with Gasteiger partial charge >= 0.3 is 6.18 Å². The summed E-state index contributed by atoms with van der Waals surface area (Å²) in [5.41, 5.74) is 3.36. The summed E-state index contributed by atoms with van der Waals surface area (Å²) in [6.07, 6.45) is 12.3. The van der Waals surface area contributed by atoms with E-state index in [1.165, 1.54) is 12.1 Å². The molecule has 1 heterocycles. The van der Waals surface area contributed by atoms with E-state index in [1.807, 2.05) is 42.6 Å². The lowest BCUT2D eigenvalue weighted by Gasteiger charge is -2.17. The van der Waals surface area contributed by atoms with E-state index in [9.17, 15) is 13.2 Å². The number of allylic oxidation sites excluding steroid dienone is 6. The number of halogens is 3. The summed E-state index contributed by atoms with van der Waals surface area (Å²) >= 11 is 1.59. The number of nitrogens with zero attached hydrogens (tertiary/aromatic N) is 1. The standard InChI is InChI=1S/C30H30F3N3OS/c1-3-5-8-21(7-4-2)29-34-20-28(35-29)22-9-6-10-24(19-22)36-38-27-17-15-26(16-18-27)37-25-13-11-23(12-14-25)30(31,32)33/h5-17,19-20,27,36H,3-4,18H2,1-2H3,(H,34,35)/b8-5-,21-7+. The zero-order valence-electron chi connectivity index (χ0n) is 21.3. The molecule has 1 aromatic heterocycles. The first-order valence-corrected chi connectivity index (χ1v) is 13.4. The Balaban J connectivity index is 1.32. The number of imidazole rings is 1. The Kier molecular flexibility index (Phi) is 9.18. The Hall–Kier alpha value is -3.65. The molecule has 1 aliphatic rings. The van der Waals surface area contributed by atoms with Crippen LogP contribution in [0.5, 0.6) is 5.75 Å². The predicted octanol–water partition coefficient (Wildman–Crippen LogP) is 9.21. The molecule has 0 fully saturated rings. The molecule has 198 valence electrons. The normalized spacial score (nSPS) is 16.1. The smallest absolute Gasteiger partial charge is 0.416 e. The summed E-state index contributed by atoms with van der Waals surface area (Å²) in [7, 11) is 0. The van der Waals surface area contributed by atoms with E-state index in [2.05, 4.69) is 52.8 Å². The van der Waals surface area contributed by atoms with Crippen LogP contribution in [0.3, 0.4) is 0 Å². The van der Waals surface area contributed by atoms with Gasteiger partial charge in [0.2, 0.25) is 0 Å². The average molecular weight is 538 g/mol. The maximum Gasteiger partial charge on any atom is 0.416 e. The molecular formula is C30H30F3N3OS. The van der Waals surface area contributed by atoms with Crippen molar-refractivity contribution >= 4 is 23.2 Å². The van der Waals surface area contributed by atoms with Crippen LogP contribution in [0.4, 0.5) is 18.9 Å². The molecule has 2 N–H and O–H groups in total. The van der Waals surface area contributed by atoms with E-state index >= 15 is 0 Å². The SMILES string of the molecule is CC/C=C\C(=C/CC)c1ncc(-c2cccc(NSC3C=CC(Oc4ccc(C(F)(F)F)cc4)=CC3)c2)[nH]1. The summed E-state index contributed by atoms with van der Waals surface area (Å²) in [5.74, 6) is 1.84. The predicted molar refractivity (Wildman–Crippen MR) is 151 cm³/mol. The van der Waals surface area contributed by atoms with E-state index in [0.717, 1.165) is 59.7 Å². The number of benzene rings is 2. The lowest BCUT2D eigenvalue weighted by atomic mass is 10.1. The third-order valence-corrected chi connectivity index (χ3v) is 6.76. The monoisotopic (exact) mass is 537 g/mol. The summed E-state index contributed by atoms with van der Waals surface area (Å²) in [6, 6.07) is 12.9. The van der Waals surface area contributed by atoms with E-state index in [-0.39, 0.29) is 5.25 Å². The quantitative estimate of drug-likeness (QED) is 0.200. The van der Waals surface area contributed by atoms with Gasteiger partial charge in [-0.3, -0.25) is 0 Å². The van der Waals surface area contributed by atoms with Crippen molar-refractivity contribution < 1.29 is 17.9 Å². The number of aromatic amines is 1. The van der Waals surface area contributed by atoms with Crippen molar-refractivity contribution in [3.05, 3.63) is 108 Å². The highest BCUT2D eigenvalue weighted by molar-refractivity contribution is 8.01. The summed E-state index contributed by atoms with van der Waals surface area (Å²) < 4.78 is 47.3. The first-order chi connectivity index (χ1) is 18.4. The van der Waals surface area contributed by atoms with Gasteiger partial charge in [-0.2, -0.15) is 13.2 Å². The molecule has 1 atom stereocenters. The molecule has 0 spiro atoms. The summed E-state index contributed by atoms with van der Waals surface area (Å²) in [5, 5.41) is 0.185. The molecule has 0 bridgehead atoms. The van der Waals surface area contributed by atoms with Crippen LogP contribution in [-0.4, -0.2) is 15.2 Å². The molecule has 3 aromatic rings. The molecule has 4 rings (SSSR count). The van der Waals surface area contributed by atoms with Crippen molar-refractivity contribution in [2.45, 2.75) is 44.5 Å². The third kappa shape index (κ3) is 7.44. The fraction of sp³-hybridized carbons (Fsp3) is 0.233. The van der Waals surface area contributed by atoms with Gasteiger partial charge in [0.1, 0.15) is 17.3 Å². The van der Waals surface area contributed by atoms with E-state index in [0.29, 0.717) is 11.5 Å². The second-order valence-corrected chi connectivity index (χ2v) is 9.73. The van der Waals surface area contributed by atoms with Crippen LogP contribution in [0, 0.1) is 0 Å². The number of aromatic nitrogens is 2. The minimum absolute atomic E-state index is 0.185. The Labute approximate surface area is 225 Å². The number of H-pyrrole nitrogens is 1. The van der Waals surface area contributed by atoms with Gasteiger partial charge in [-0.25, -0.2) is 4.98 Å². The highest BCUT2D eigenvalue weighted by Crippen LogP contribution is 2.32. The van der Waals surface area contributed by atoms with Gasteiger partial charge in [-0.15, -0.1) is 0 Å². The van der Waals surface area contributed by atoms with E-state index in [4.69, 9.17) is 4.74 Å². The Morgan fingerprint density at radius 1 is 1.16 bits per heavy atom. The van der Waals surface area contributed by atoms with Gasteiger partial charge in [0.25, 0.3) is 0 Å². The summed E-state index contributed by atoms with van der Waals surface area (Å²) in [6.45, 7) is 4.22. The maximum atomic E-state index is 12.7. The molecule has 0 saturated heterocycles. The van der Waals surface area contributed by atoms with Gasteiger partial charge < -0.3 is 14.4 Å². The molecule has 2 aromatic carbocycles.